The molecule has 0 atom stereocenters. The summed E-state index contributed by atoms with van der Waals surface area (Å²) in [7, 11) is 0. The first-order valence-electron chi connectivity index (χ1n) is 5.07. The van der Waals surface area contributed by atoms with Crippen molar-refractivity contribution in [1.29, 1.82) is 0 Å². The normalized spacial score (nSPS) is 18.1. The Kier molecular flexibility index (Phi) is 3.34. The van der Waals surface area contributed by atoms with Gasteiger partial charge in [0, 0.05) is 17.6 Å². The molecule has 0 saturated carbocycles. The Hall–Kier alpha value is -1.24. The van der Waals surface area contributed by atoms with Gasteiger partial charge in [-0.3, -0.25) is 0 Å². The molecule has 0 spiro atoms. The van der Waals surface area contributed by atoms with Gasteiger partial charge in [-0.05, 0) is 38.8 Å². The highest BCUT2D eigenvalue weighted by Crippen LogP contribution is 2.25. The van der Waals surface area contributed by atoms with E-state index < -0.39 is 0 Å². The molecule has 1 nitrogen and oxygen atoms in total. The predicted molar refractivity (Wildman–Crippen MR) is 62.5 cm³/mol. The van der Waals surface area contributed by atoms with Crippen molar-refractivity contribution in [2.75, 3.05) is 0 Å². The second-order valence-corrected chi connectivity index (χ2v) is 3.73. The molecular formula is C13H19N. The average molecular weight is 189 g/mol. The van der Waals surface area contributed by atoms with Crippen LogP contribution in [-0.4, -0.2) is 4.90 Å². The molecule has 0 saturated heterocycles. The van der Waals surface area contributed by atoms with Gasteiger partial charge in [0.1, 0.15) is 0 Å². The van der Waals surface area contributed by atoms with E-state index in [1.807, 2.05) is 0 Å². The summed E-state index contributed by atoms with van der Waals surface area (Å²) in [4.78, 5) is 2.16. The second-order valence-electron chi connectivity index (χ2n) is 3.73. The van der Waals surface area contributed by atoms with Crippen molar-refractivity contribution in [3.05, 3.63) is 47.5 Å². The van der Waals surface area contributed by atoms with Crippen LogP contribution in [0.1, 0.15) is 34.1 Å². The monoisotopic (exact) mass is 189 g/mol. The summed E-state index contributed by atoms with van der Waals surface area (Å²) >= 11 is 0. The van der Waals surface area contributed by atoms with Crippen LogP contribution in [0.2, 0.25) is 0 Å². The van der Waals surface area contributed by atoms with Gasteiger partial charge in [-0.1, -0.05) is 25.2 Å². The third-order valence-corrected chi connectivity index (χ3v) is 2.84. The average Bonchev–Trinajstić information content (AvgIpc) is 2.20. The van der Waals surface area contributed by atoms with E-state index in [0.717, 1.165) is 12.1 Å². The Bertz CT molecular complexity index is 329. The van der Waals surface area contributed by atoms with Crippen LogP contribution in [-0.2, 0) is 0 Å². The minimum Gasteiger partial charge on any atom is -0.322 e. The number of nitrogens with zero attached hydrogens (tertiary/aromatic N) is 1. The zero-order valence-corrected chi connectivity index (χ0v) is 9.59. The summed E-state index contributed by atoms with van der Waals surface area (Å²) in [6.07, 6.45) is 7.32. The first-order chi connectivity index (χ1) is 6.57. The summed E-state index contributed by atoms with van der Waals surface area (Å²) in [5.74, 6) is 0. The van der Waals surface area contributed by atoms with Crippen molar-refractivity contribution >= 4 is 0 Å². The van der Waals surface area contributed by atoms with Gasteiger partial charge in [-0.15, -0.1) is 0 Å². The number of allylic oxidation sites excluding steroid dienone is 5. The summed E-state index contributed by atoms with van der Waals surface area (Å²) in [6.45, 7) is 12.7. The van der Waals surface area contributed by atoms with E-state index >= 15 is 0 Å². The minimum atomic E-state index is 1.08. The zero-order chi connectivity index (χ0) is 10.7. The van der Waals surface area contributed by atoms with Gasteiger partial charge < -0.3 is 4.90 Å². The zero-order valence-electron chi connectivity index (χ0n) is 9.59. The van der Waals surface area contributed by atoms with Gasteiger partial charge in [0.05, 0.1) is 0 Å². The largest absolute Gasteiger partial charge is 0.322 e. The van der Waals surface area contributed by atoms with E-state index in [1.54, 1.807) is 0 Å². The predicted octanol–water partition coefficient (Wildman–Crippen LogP) is 3.98. The Morgan fingerprint density at radius 1 is 1.43 bits per heavy atom. The van der Waals surface area contributed by atoms with Gasteiger partial charge in [-0.25, -0.2) is 0 Å². The lowest BCUT2D eigenvalue weighted by atomic mass is 10.1. The molecule has 1 heterocycles. The van der Waals surface area contributed by atoms with Crippen LogP contribution in [0, 0.1) is 0 Å². The lowest BCUT2D eigenvalue weighted by Crippen LogP contribution is -2.17. The SMILES string of the molecule is C=C1C(C)=CC=CN1/C(C)=C(\C)CC. The Balaban J connectivity index is 2.97. The Morgan fingerprint density at radius 2 is 2.07 bits per heavy atom. The van der Waals surface area contributed by atoms with Gasteiger partial charge >= 0.3 is 0 Å². The first-order valence-corrected chi connectivity index (χ1v) is 5.07. The molecule has 1 heteroatoms. The lowest BCUT2D eigenvalue weighted by Gasteiger charge is -2.28. The van der Waals surface area contributed by atoms with E-state index in [2.05, 4.69) is 57.5 Å². The molecule has 14 heavy (non-hydrogen) atoms. The van der Waals surface area contributed by atoms with E-state index in [9.17, 15) is 0 Å². The molecule has 0 unspecified atom stereocenters. The smallest absolute Gasteiger partial charge is 0.0409 e. The number of hydrogen-bond donors (Lipinski definition) is 0. The van der Waals surface area contributed by atoms with E-state index in [4.69, 9.17) is 0 Å². The highest BCUT2D eigenvalue weighted by Gasteiger charge is 2.11. The minimum absolute atomic E-state index is 1.08. The molecule has 0 aromatic heterocycles. The molecule has 0 bridgehead atoms. The molecule has 0 amide bonds. The fourth-order valence-electron chi connectivity index (χ4n) is 1.43. The third kappa shape index (κ3) is 1.98. The molecule has 0 aliphatic carbocycles. The lowest BCUT2D eigenvalue weighted by molar-refractivity contribution is 0.570. The van der Waals surface area contributed by atoms with Crippen LogP contribution in [0.15, 0.2) is 47.5 Å². The maximum absolute atomic E-state index is 4.09. The fourth-order valence-corrected chi connectivity index (χ4v) is 1.43. The molecule has 0 aromatic carbocycles. The standard InChI is InChI=1S/C13H19N/c1-6-10(2)12(4)14-9-7-8-11(3)13(14)5/h7-9H,5-6H2,1-4H3/b12-10+. The van der Waals surface area contributed by atoms with Crippen molar-refractivity contribution in [1.82, 2.24) is 4.90 Å². The van der Waals surface area contributed by atoms with E-state index in [1.165, 1.54) is 16.8 Å². The van der Waals surface area contributed by atoms with Gasteiger partial charge in [-0.2, -0.15) is 0 Å². The Labute approximate surface area is 87.1 Å². The summed E-state index contributed by atoms with van der Waals surface area (Å²) in [5.41, 5.74) is 5.01. The van der Waals surface area contributed by atoms with Crippen LogP contribution in [0.25, 0.3) is 0 Å². The number of rotatable bonds is 2. The van der Waals surface area contributed by atoms with Crippen LogP contribution in [0.5, 0.6) is 0 Å². The van der Waals surface area contributed by atoms with Crippen LogP contribution in [0.3, 0.4) is 0 Å². The molecular weight excluding hydrogens is 170 g/mol. The van der Waals surface area contributed by atoms with Crippen molar-refractivity contribution in [2.24, 2.45) is 0 Å². The van der Waals surface area contributed by atoms with Crippen molar-refractivity contribution in [3.8, 4) is 0 Å². The topological polar surface area (TPSA) is 3.24 Å². The maximum Gasteiger partial charge on any atom is 0.0409 e. The quantitative estimate of drug-likeness (QED) is 0.635. The van der Waals surface area contributed by atoms with Gasteiger partial charge in [0.25, 0.3) is 0 Å². The van der Waals surface area contributed by atoms with Crippen molar-refractivity contribution < 1.29 is 0 Å². The molecule has 0 radical (unpaired) electrons. The van der Waals surface area contributed by atoms with E-state index in [0.29, 0.717) is 0 Å². The molecule has 1 aliphatic rings. The fraction of sp³-hybridized carbons (Fsp3) is 0.385. The molecule has 0 fully saturated rings. The highest BCUT2D eigenvalue weighted by atomic mass is 15.1. The molecule has 0 N–H and O–H groups in total. The van der Waals surface area contributed by atoms with Gasteiger partial charge in [0.2, 0.25) is 0 Å². The van der Waals surface area contributed by atoms with Crippen LogP contribution in [0.4, 0.5) is 0 Å². The van der Waals surface area contributed by atoms with Crippen LogP contribution < -0.4 is 0 Å². The third-order valence-electron chi connectivity index (χ3n) is 2.84. The van der Waals surface area contributed by atoms with Crippen LogP contribution >= 0.6 is 0 Å². The number of hydrogen-bond acceptors (Lipinski definition) is 1. The second kappa shape index (κ2) is 4.32. The molecule has 0 aromatic rings. The van der Waals surface area contributed by atoms with Crippen molar-refractivity contribution in [3.63, 3.8) is 0 Å². The Morgan fingerprint density at radius 3 is 2.64 bits per heavy atom. The first kappa shape index (κ1) is 10.8. The molecule has 76 valence electrons. The summed E-state index contributed by atoms with van der Waals surface area (Å²) < 4.78 is 0. The maximum atomic E-state index is 4.09. The summed E-state index contributed by atoms with van der Waals surface area (Å²) in [6, 6.07) is 0. The molecule has 1 rings (SSSR count). The van der Waals surface area contributed by atoms with Crippen molar-refractivity contribution in [2.45, 2.75) is 34.1 Å². The van der Waals surface area contributed by atoms with Gasteiger partial charge in [0.15, 0.2) is 0 Å². The summed E-state index contributed by atoms with van der Waals surface area (Å²) in [5, 5.41) is 0. The highest BCUT2D eigenvalue weighted by molar-refractivity contribution is 5.37. The molecule has 1 aliphatic heterocycles. The van der Waals surface area contributed by atoms with E-state index in [-0.39, 0.29) is 0 Å².